The Labute approximate surface area is 132 Å². The van der Waals surface area contributed by atoms with Crippen molar-refractivity contribution in [1.82, 2.24) is 10.2 Å². The van der Waals surface area contributed by atoms with E-state index in [1.54, 1.807) is 6.07 Å². The van der Waals surface area contributed by atoms with Gasteiger partial charge in [-0.3, -0.25) is 9.59 Å². The van der Waals surface area contributed by atoms with E-state index in [-0.39, 0.29) is 17.4 Å². The number of amides is 1. The van der Waals surface area contributed by atoms with Crippen LogP contribution in [-0.4, -0.2) is 28.8 Å². The standard InChI is InChI=1S/C16H17N3O4/c1-3-22-14-7-10-6-9(2)23-13(10)8-12(14)17-16(21)11-4-5-15(20)19-18-11/h4-5,7-9H,3,6H2,1-2H3,(H,17,21)(H,19,20). The third-order valence-corrected chi connectivity index (χ3v) is 3.46. The summed E-state index contributed by atoms with van der Waals surface area (Å²) < 4.78 is 11.3. The average molecular weight is 315 g/mol. The van der Waals surface area contributed by atoms with Crippen LogP contribution in [0.1, 0.15) is 29.9 Å². The Bertz CT molecular complexity index is 780. The molecular weight excluding hydrogens is 298 g/mol. The van der Waals surface area contributed by atoms with E-state index in [9.17, 15) is 9.59 Å². The van der Waals surface area contributed by atoms with Gasteiger partial charge in [0.05, 0.1) is 12.3 Å². The number of carbonyl (C=O) groups is 1. The van der Waals surface area contributed by atoms with E-state index in [1.807, 2.05) is 19.9 Å². The Balaban J connectivity index is 1.89. The smallest absolute Gasteiger partial charge is 0.276 e. The summed E-state index contributed by atoms with van der Waals surface area (Å²) in [6, 6.07) is 6.25. The molecule has 0 saturated carbocycles. The highest BCUT2D eigenvalue weighted by Crippen LogP contribution is 2.38. The van der Waals surface area contributed by atoms with Gasteiger partial charge in [-0.2, -0.15) is 5.10 Å². The Morgan fingerprint density at radius 3 is 3.00 bits per heavy atom. The van der Waals surface area contributed by atoms with E-state index < -0.39 is 5.91 Å². The molecule has 2 heterocycles. The van der Waals surface area contributed by atoms with Crippen molar-refractivity contribution in [3.63, 3.8) is 0 Å². The van der Waals surface area contributed by atoms with Gasteiger partial charge in [0.25, 0.3) is 11.5 Å². The minimum Gasteiger partial charge on any atom is -0.492 e. The van der Waals surface area contributed by atoms with Crippen molar-refractivity contribution in [3.8, 4) is 11.5 Å². The summed E-state index contributed by atoms with van der Waals surface area (Å²) in [6.45, 7) is 4.35. The van der Waals surface area contributed by atoms with Crippen LogP contribution < -0.4 is 20.3 Å². The molecule has 1 aromatic heterocycles. The first-order chi connectivity index (χ1) is 11.1. The number of carbonyl (C=O) groups excluding carboxylic acids is 1. The van der Waals surface area contributed by atoms with Gasteiger partial charge in [0.15, 0.2) is 0 Å². The van der Waals surface area contributed by atoms with Crippen molar-refractivity contribution in [3.05, 3.63) is 45.9 Å². The van der Waals surface area contributed by atoms with Crippen LogP contribution in [-0.2, 0) is 6.42 Å². The highest BCUT2D eigenvalue weighted by molar-refractivity contribution is 6.03. The molecule has 0 fully saturated rings. The minimum atomic E-state index is -0.437. The van der Waals surface area contributed by atoms with E-state index in [0.29, 0.717) is 18.0 Å². The topological polar surface area (TPSA) is 93.3 Å². The zero-order chi connectivity index (χ0) is 16.4. The Morgan fingerprint density at radius 2 is 2.30 bits per heavy atom. The molecule has 2 aromatic rings. The molecule has 1 atom stereocenters. The number of anilines is 1. The maximum atomic E-state index is 12.3. The Hall–Kier alpha value is -2.83. The molecule has 1 aromatic carbocycles. The van der Waals surface area contributed by atoms with Crippen LogP contribution in [0.4, 0.5) is 5.69 Å². The molecule has 1 amide bonds. The molecule has 7 nitrogen and oxygen atoms in total. The monoisotopic (exact) mass is 315 g/mol. The van der Waals surface area contributed by atoms with E-state index in [2.05, 4.69) is 15.5 Å². The van der Waals surface area contributed by atoms with Gasteiger partial charge < -0.3 is 14.8 Å². The predicted octanol–water partition coefficient (Wildman–Crippen LogP) is 1.74. The van der Waals surface area contributed by atoms with Gasteiger partial charge in [-0.05, 0) is 26.0 Å². The second-order valence-electron chi connectivity index (χ2n) is 5.28. The van der Waals surface area contributed by atoms with Crippen molar-refractivity contribution in [2.24, 2.45) is 0 Å². The van der Waals surface area contributed by atoms with Crippen molar-refractivity contribution < 1.29 is 14.3 Å². The quantitative estimate of drug-likeness (QED) is 0.896. The first-order valence-corrected chi connectivity index (χ1v) is 7.40. The van der Waals surface area contributed by atoms with E-state index in [1.165, 1.54) is 12.1 Å². The molecule has 2 N–H and O–H groups in total. The number of rotatable bonds is 4. The van der Waals surface area contributed by atoms with Crippen molar-refractivity contribution >= 4 is 11.6 Å². The molecule has 1 aliphatic heterocycles. The number of nitrogens with zero attached hydrogens (tertiary/aromatic N) is 1. The molecule has 0 radical (unpaired) electrons. The van der Waals surface area contributed by atoms with E-state index in [4.69, 9.17) is 9.47 Å². The lowest BCUT2D eigenvalue weighted by Crippen LogP contribution is -2.18. The third kappa shape index (κ3) is 3.18. The van der Waals surface area contributed by atoms with Crippen LogP contribution >= 0.6 is 0 Å². The number of nitrogens with one attached hydrogen (secondary N) is 2. The fraction of sp³-hybridized carbons (Fsp3) is 0.312. The number of benzene rings is 1. The highest BCUT2D eigenvalue weighted by Gasteiger charge is 2.23. The molecule has 0 bridgehead atoms. The summed E-state index contributed by atoms with van der Waals surface area (Å²) in [6.07, 6.45) is 0.914. The SMILES string of the molecule is CCOc1cc2c(cc1NC(=O)c1ccc(=O)[nH]n1)OC(C)C2. The second kappa shape index (κ2) is 6.12. The second-order valence-corrected chi connectivity index (χ2v) is 5.28. The molecule has 7 heteroatoms. The van der Waals surface area contributed by atoms with Gasteiger partial charge in [0.1, 0.15) is 23.3 Å². The highest BCUT2D eigenvalue weighted by atomic mass is 16.5. The Kier molecular flexibility index (Phi) is 4.01. The van der Waals surface area contributed by atoms with Gasteiger partial charge >= 0.3 is 0 Å². The normalized spacial score (nSPS) is 15.7. The molecule has 1 aliphatic rings. The van der Waals surface area contributed by atoms with Crippen LogP contribution in [0.5, 0.6) is 11.5 Å². The number of hydrogen-bond donors (Lipinski definition) is 2. The van der Waals surface area contributed by atoms with Crippen LogP contribution in [0.3, 0.4) is 0 Å². The average Bonchev–Trinajstić information content (AvgIpc) is 2.87. The van der Waals surface area contributed by atoms with Gasteiger partial charge in [0, 0.05) is 24.1 Å². The van der Waals surface area contributed by atoms with Crippen molar-refractivity contribution in [1.29, 1.82) is 0 Å². The molecule has 23 heavy (non-hydrogen) atoms. The van der Waals surface area contributed by atoms with E-state index in [0.717, 1.165) is 17.7 Å². The zero-order valence-electron chi connectivity index (χ0n) is 12.9. The fourth-order valence-electron chi connectivity index (χ4n) is 2.47. The predicted molar refractivity (Wildman–Crippen MR) is 84.2 cm³/mol. The minimum absolute atomic E-state index is 0.103. The lowest BCUT2D eigenvalue weighted by molar-refractivity contribution is 0.102. The van der Waals surface area contributed by atoms with E-state index >= 15 is 0 Å². The van der Waals surface area contributed by atoms with Crippen molar-refractivity contribution in [2.75, 3.05) is 11.9 Å². The maximum absolute atomic E-state index is 12.3. The summed E-state index contributed by atoms with van der Waals surface area (Å²) in [7, 11) is 0. The van der Waals surface area contributed by atoms with Gasteiger partial charge in [-0.15, -0.1) is 0 Å². The van der Waals surface area contributed by atoms with Gasteiger partial charge in [-0.1, -0.05) is 0 Å². The number of H-pyrrole nitrogens is 1. The van der Waals surface area contributed by atoms with Gasteiger partial charge in [-0.25, -0.2) is 5.10 Å². The molecule has 0 spiro atoms. The number of fused-ring (bicyclic) bond motifs is 1. The number of aromatic nitrogens is 2. The molecule has 0 aliphatic carbocycles. The summed E-state index contributed by atoms with van der Waals surface area (Å²) in [5.74, 6) is 0.889. The largest absolute Gasteiger partial charge is 0.492 e. The molecule has 3 rings (SSSR count). The summed E-state index contributed by atoms with van der Waals surface area (Å²) in [5, 5.41) is 8.69. The number of aromatic amines is 1. The summed E-state index contributed by atoms with van der Waals surface area (Å²) >= 11 is 0. The third-order valence-electron chi connectivity index (χ3n) is 3.46. The maximum Gasteiger partial charge on any atom is 0.276 e. The molecular formula is C16H17N3O4. The number of ether oxygens (including phenoxy) is 2. The summed E-state index contributed by atoms with van der Waals surface area (Å²) in [4.78, 5) is 23.3. The number of hydrogen-bond acceptors (Lipinski definition) is 5. The van der Waals surface area contributed by atoms with Crippen LogP contribution in [0, 0.1) is 0 Å². The molecule has 1 unspecified atom stereocenters. The molecule has 0 saturated heterocycles. The van der Waals surface area contributed by atoms with Crippen LogP contribution in [0.2, 0.25) is 0 Å². The zero-order valence-corrected chi connectivity index (χ0v) is 12.9. The van der Waals surface area contributed by atoms with Crippen molar-refractivity contribution in [2.45, 2.75) is 26.4 Å². The van der Waals surface area contributed by atoms with Crippen LogP contribution in [0.15, 0.2) is 29.1 Å². The Morgan fingerprint density at radius 1 is 1.48 bits per heavy atom. The summed E-state index contributed by atoms with van der Waals surface area (Å²) in [5.41, 5.74) is 1.32. The first kappa shape index (κ1) is 15.1. The lowest BCUT2D eigenvalue weighted by atomic mass is 10.1. The lowest BCUT2D eigenvalue weighted by Gasteiger charge is -2.13. The fourth-order valence-corrected chi connectivity index (χ4v) is 2.47. The van der Waals surface area contributed by atoms with Crippen LogP contribution in [0.25, 0.3) is 0 Å². The van der Waals surface area contributed by atoms with Gasteiger partial charge in [0.2, 0.25) is 0 Å². The first-order valence-electron chi connectivity index (χ1n) is 7.40. The molecule has 120 valence electrons.